The highest BCUT2D eigenvalue weighted by molar-refractivity contribution is 6.30. The lowest BCUT2D eigenvalue weighted by Crippen LogP contribution is -2.53. The SMILES string of the molecule is Fc1ccc(C2(F)CNC2)cc1Cl. The van der Waals surface area contributed by atoms with Crippen molar-refractivity contribution in [3.05, 3.63) is 34.6 Å². The third-order valence-electron chi connectivity index (χ3n) is 2.25. The number of benzene rings is 1. The predicted octanol–water partition coefficient (Wildman–Crippen LogP) is 2.25. The molecular weight excluding hydrogens is 196 g/mol. The number of hydrogen-bond donors (Lipinski definition) is 1. The minimum Gasteiger partial charge on any atom is -0.310 e. The highest BCUT2D eigenvalue weighted by atomic mass is 35.5. The molecule has 0 saturated carbocycles. The molecule has 1 aromatic carbocycles. The zero-order valence-electron chi connectivity index (χ0n) is 6.78. The Morgan fingerprint density at radius 2 is 2.08 bits per heavy atom. The van der Waals surface area contributed by atoms with Gasteiger partial charge in [0.25, 0.3) is 0 Å². The van der Waals surface area contributed by atoms with Gasteiger partial charge in [0.05, 0.1) is 5.02 Å². The molecule has 1 fully saturated rings. The summed E-state index contributed by atoms with van der Waals surface area (Å²) < 4.78 is 26.4. The topological polar surface area (TPSA) is 12.0 Å². The average Bonchev–Trinajstić information content (AvgIpc) is 2.06. The van der Waals surface area contributed by atoms with Crippen LogP contribution in [0.3, 0.4) is 0 Å². The van der Waals surface area contributed by atoms with E-state index in [9.17, 15) is 8.78 Å². The Morgan fingerprint density at radius 1 is 1.38 bits per heavy atom. The number of nitrogens with one attached hydrogen (secondary N) is 1. The summed E-state index contributed by atoms with van der Waals surface area (Å²) in [7, 11) is 0. The van der Waals surface area contributed by atoms with E-state index in [2.05, 4.69) is 5.32 Å². The first kappa shape index (κ1) is 8.91. The van der Waals surface area contributed by atoms with E-state index >= 15 is 0 Å². The van der Waals surface area contributed by atoms with E-state index < -0.39 is 11.5 Å². The third kappa shape index (κ3) is 1.42. The summed E-state index contributed by atoms with van der Waals surface area (Å²) >= 11 is 5.54. The molecule has 0 spiro atoms. The molecule has 13 heavy (non-hydrogen) atoms. The van der Waals surface area contributed by atoms with Crippen LogP contribution in [0.1, 0.15) is 5.56 Å². The van der Waals surface area contributed by atoms with Gasteiger partial charge in [-0.05, 0) is 17.7 Å². The highest BCUT2D eigenvalue weighted by Gasteiger charge is 2.38. The number of alkyl halides is 1. The van der Waals surface area contributed by atoms with Crippen molar-refractivity contribution < 1.29 is 8.78 Å². The van der Waals surface area contributed by atoms with Gasteiger partial charge < -0.3 is 5.32 Å². The van der Waals surface area contributed by atoms with Gasteiger partial charge in [0.15, 0.2) is 5.67 Å². The van der Waals surface area contributed by atoms with E-state index in [4.69, 9.17) is 11.6 Å². The van der Waals surface area contributed by atoms with Crippen molar-refractivity contribution in [2.24, 2.45) is 0 Å². The molecule has 1 aliphatic rings. The largest absolute Gasteiger partial charge is 0.310 e. The molecule has 4 heteroatoms. The molecule has 1 heterocycles. The Balaban J connectivity index is 2.36. The summed E-state index contributed by atoms with van der Waals surface area (Å²) in [4.78, 5) is 0. The van der Waals surface area contributed by atoms with Crippen LogP contribution in [0.5, 0.6) is 0 Å². The van der Waals surface area contributed by atoms with Crippen molar-refractivity contribution >= 4 is 11.6 Å². The van der Waals surface area contributed by atoms with Gasteiger partial charge in [0.1, 0.15) is 5.82 Å². The lowest BCUT2D eigenvalue weighted by Gasteiger charge is -2.35. The van der Waals surface area contributed by atoms with E-state index in [0.29, 0.717) is 5.56 Å². The molecule has 1 saturated heterocycles. The van der Waals surface area contributed by atoms with Gasteiger partial charge in [-0.2, -0.15) is 0 Å². The summed E-state index contributed by atoms with van der Waals surface area (Å²) in [6.07, 6.45) is 0. The Kier molecular flexibility index (Phi) is 2.00. The van der Waals surface area contributed by atoms with Gasteiger partial charge in [-0.1, -0.05) is 17.7 Å². The fraction of sp³-hybridized carbons (Fsp3) is 0.333. The highest BCUT2D eigenvalue weighted by Crippen LogP contribution is 2.32. The smallest absolute Gasteiger partial charge is 0.160 e. The molecule has 0 aromatic heterocycles. The lowest BCUT2D eigenvalue weighted by atomic mass is 9.90. The Hall–Kier alpha value is -0.670. The number of halogens is 3. The van der Waals surface area contributed by atoms with Gasteiger partial charge >= 0.3 is 0 Å². The Labute approximate surface area is 79.7 Å². The van der Waals surface area contributed by atoms with E-state index in [-0.39, 0.29) is 18.1 Å². The molecule has 70 valence electrons. The van der Waals surface area contributed by atoms with E-state index in [1.54, 1.807) is 0 Å². The lowest BCUT2D eigenvalue weighted by molar-refractivity contribution is 0.0891. The second-order valence-corrected chi connectivity index (χ2v) is 3.60. The second-order valence-electron chi connectivity index (χ2n) is 3.20. The molecule has 0 bridgehead atoms. The molecule has 1 aromatic rings. The third-order valence-corrected chi connectivity index (χ3v) is 2.54. The fourth-order valence-electron chi connectivity index (χ4n) is 1.32. The van der Waals surface area contributed by atoms with E-state index in [1.807, 2.05) is 0 Å². The van der Waals surface area contributed by atoms with Crippen LogP contribution in [-0.2, 0) is 5.67 Å². The molecule has 0 atom stereocenters. The maximum Gasteiger partial charge on any atom is 0.160 e. The molecule has 0 radical (unpaired) electrons. The van der Waals surface area contributed by atoms with Gasteiger partial charge in [0, 0.05) is 13.1 Å². The maximum atomic E-state index is 13.7. The van der Waals surface area contributed by atoms with Crippen LogP contribution in [0, 0.1) is 5.82 Å². The first-order valence-electron chi connectivity index (χ1n) is 3.97. The summed E-state index contributed by atoms with van der Waals surface area (Å²) in [6.45, 7) is 0.546. The standard InChI is InChI=1S/C9H8ClF2N/c10-7-3-6(1-2-8(7)11)9(12)4-13-5-9/h1-3,13H,4-5H2. The monoisotopic (exact) mass is 203 g/mol. The van der Waals surface area contributed by atoms with Crippen molar-refractivity contribution in [3.63, 3.8) is 0 Å². The summed E-state index contributed by atoms with van der Waals surface area (Å²) in [5, 5.41) is 2.80. The van der Waals surface area contributed by atoms with Crippen LogP contribution < -0.4 is 5.32 Å². The number of rotatable bonds is 1. The van der Waals surface area contributed by atoms with Crippen LogP contribution in [0.15, 0.2) is 18.2 Å². The van der Waals surface area contributed by atoms with E-state index in [1.165, 1.54) is 18.2 Å². The van der Waals surface area contributed by atoms with Gasteiger partial charge in [-0.25, -0.2) is 8.78 Å². The van der Waals surface area contributed by atoms with Gasteiger partial charge in [0.2, 0.25) is 0 Å². The second kappa shape index (κ2) is 2.93. The van der Waals surface area contributed by atoms with Gasteiger partial charge in [-0.15, -0.1) is 0 Å². The molecule has 0 unspecified atom stereocenters. The predicted molar refractivity (Wildman–Crippen MR) is 47.1 cm³/mol. The normalized spacial score (nSPS) is 19.6. The van der Waals surface area contributed by atoms with Crippen LogP contribution in [0.25, 0.3) is 0 Å². The quantitative estimate of drug-likeness (QED) is 0.738. The first-order valence-corrected chi connectivity index (χ1v) is 4.35. The van der Waals surface area contributed by atoms with Crippen LogP contribution in [0.4, 0.5) is 8.78 Å². The van der Waals surface area contributed by atoms with E-state index in [0.717, 1.165) is 0 Å². The Morgan fingerprint density at radius 3 is 2.54 bits per heavy atom. The van der Waals surface area contributed by atoms with Gasteiger partial charge in [-0.3, -0.25) is 0 Å². The average molecular weight is 204 g/mol. The van der Waals surface area contributed by atoms with Crippen LogP contribution in [-0.4, -0.2) is 13.1 Å². The molecule has 0 aliphatic carbocycles. The first-order chi connectivity index (χ1) is 6.12. The molecule has 0 amide bonds. The summed E-state index contributed by atoms with van der Waals surface area (Å²) in [6, 6.07) is 3.97. The van der Waals surface area contributed by atoms with Crippen molar-refractivity contribution in [2.45, 2.75) is 5.67 Å². The summed E-state index contributed by atoms with van der Waals surface area (Å²) in [5.41, 5.74) is -0.921. The maximum absolute atomic E-state index is 13.7. The fourth-order valence-corrected chi connectivity index (χ4v) is 1.50. The molecular formula is C9H8ClF2N. The van der Waals surface area contributed by atoms with Crippen molar-refractivity contribution in [2.75, 3.05) is 13.1 Å². The van der Waals surface area contributed by atoms with Crippen molar-refractivity contribution in [1.29, 1.82) is 0 Å². The molecule has 1 aliphatic heterocycles. The molecule has 1 nitrogen and oxygen atoms in total. The van der Waals surface area contributed by atoms with Crippen LogP contribution >= 0.6 is 11.6 Å². The zero-order chi connectivity index (χ0) is 9.47. The zero-order valence-corrected chi connectivity index (χ0v) is 7.54. The molecule has 2 rings (SSSR count). The van der Waals surface area contributed by atoms with Crippen molar-refractivity contribution in [3.8, 4) is 0 Å². The number of hydrogen-bond acceptors (Lipinski definition) is 1. The van der Waals surface area contributed by atoms with Crippen LogP contribution in [0.2, 0.25) is 5.02 Å². The minimum absolute atomic E-state index is 0.0265. The minimum atomic E-state index is -1.36. The molecule has 1 N–H and O–H groups in total. The Bertz CT molecular complexity index is 336. The summed E-state index contributed by atoms with van der Waals surface area (Å²) in [5.74, 6) is -0.513. The van der Waals surface area contributed by atoms with Crippen molar-refractivity contribution in [1.82, 2.24) is 5.32 Å².